The van der Waals surface area contributed by atoms with Crippen molar-refractivity contribution in [2.45, 2.75) is 218 Å². The van der Waals surface area contributed by atoms with Crippen LogP contribution in [0.1, 0.15) is 200 Å². The highest BCUT2D eigenvalue weighted by Crippen LogP contribution is 2.41. The summed E-state index contributed by atoms with van der Waals surface area (Å²) in [6.07, 6.45) is 16.9. The summed E-state index contributed by atoms with van der Waals surface area (Å²) in [5.41, 5.74) is 7.34. The highest BCUT2D eigenvalue weighted by molar-refractivity contribution is 5.88. The lowest BCUT2D eigenvalue weighted by Gasteiger charge is -2.43. The summed E-state index contributed by atoms with van der Waals surface area (Å²) < 4.78 is 0. The van der Waals surface area contributed by atoms with E-state index in [-0.39, 0.29) is 22.9 Å². The molecular weight excluding hydrogens is 649 g/mol. The van der Waals surface area contributed by atoms with Crippen molar-refractivity contribution in [1.82, 2.24) is 0 Å². The average molecular weight is 735 g/mol. The molecule has 53 heavy (non-hydrogen) atoms. The van der Waals surface area contributed by atoms with E-state index in [2.05, 4.69) is 104 Å². The van der Waals surface area contributed by atoms with Crippen molar-refractivity contribution in [1.29, 1.82) is 0 Å². The van der Waals surface area contributed by atoms with E-state index in [1.807, 2.05) is 0 Å². The first-order valence-electron chi connectivity index (χ1n) is 22.0. The van der Waals surface area contributed by atoms with E-state index in [0.717, 1.165) is 96.2 Å². The van der Waals surface area contributed by atoms with Crippen LogP contribution < -0.4 is 0 Å². The molecule has 0 N–H and O–H groups in total. The molecular formula is C47H86N6. The van der Waals surface area contributed by atoms with Gasteiger partial charge in [0.25, 0.3) is 0 Å². The molecule has 0 spiro atoms. The molecule has 6 nitrogen and oxygen atoms in total. The zero-order chi connectivity index (χ0) is 39.8. The van der Waals surface area contributed by atoms with Gasteiger partial charge in [-0.2, -0.15) is 0 Å². The molecule has 2 fully saturated rings. The van der Waals surface area contributed by atoms with Gasteiger partial charge in [-0.05, 0) is 154 Å². The Bertz CT molecular complexity index is 1280. The standard InChI is InChI=1S/C47H86N6/c1-16-35(4)48-31-21-18-20-30-47(53-36(5)17-2,43(51-38(7)42-27-28-42)23-19-22-32-49-37(6)41-25-26-41)44(52-40(9)46(13,14)15)29-24-34(3)33-50-39(8)45(10,11)12/h34,41-44H,16-33H2,1-15H3. The van der Waals surface area contributed by atoms with Crippen LogP contribution in [0.25, 0.3) is 0 Å². The van der Waals surface area contributed by atoms with Crippen molar-refractivity contribution in [3.8, 4) is 0 Å². The van der Waals surface area contributed by atoms with Crippen LogP contribution in [0.3, 0.4) is 0 Å². The fraction of sp³-hybridized carbons (Fsp3) is 0.872. The van der Waals surface area contributed by atoms with Gasteiger partial charge in [0.15, 0.2) is 0 Å². The first-order valence-corrected chi connectivity index (χ1v) is 22.0. The lowest BCUT2D eigenvalue weighted by Crippen LogP contribution is -2.51. The normalized spacial score (nSPS) is 20.4. The maximum absolute atomic E-state index is 5.92. The Balaban J connectivity index is 2.66. The zero-order valence-corrected chi connectivity index (χ0v) is 37.8. The average Bonchev–Trinajstić information content (AvgIpc) is 4.01. The molecule has 0 heterocycles. The van der Waals surface area contributed by atoms with Gasteiger partial charge in [-0.15, -0.1) is 0 Å². The quantitative estimate of drug-likeness (QED) is 0.0661. The fourth-order valence-electron chi connectivity index (χ4n) is 6.80. The summed E-state index contributed by atoms with van der Waals surface area (Å²) in [5.74, 6) is 1.86. The second-order valence-corrected chi connectivity index (χ2v) is 19.2. The lowest BCUT2D eigenvalue weighted by atomic mass is 9.74. The Kier molecular flexibility index (Phi) is 20.1. The van der Waals surface area contributed by atoms with Crippen molar-refractivity contribution in [2.24, 2.45) is 58.5 Å². The lowest BCUT2D eigenvalue weighted by molar-refractivity contribution is 0.231. The van der Waals surface area contributed by atoms with E-state index in [1.54, 1.807) is 0 Å². The van der Waals surface area contributed by atoms with Crippen LogP contribution in [-0.2, 0) is 0 Å². The third-order valence-electron chi connectivity index (χ3n) is 12.2. The SMILES string of the molecule is CCC(C)=NCCCCCC(N=C(C)CC)(C(CCCCN=C(C)C1CC1)N=C(C)C1CC1)C(CCC(C)CN=C(C)C(C)(C)C)N=C(C)C(C)(C)C. The van der Waals surface area contributed by atoms with Crippen LogP contribution in [0.2, 0.25) is 0 Å². The van der Waals surface area contributed by atoms with Gasteiger partial charge in [0.1, 0.15) is 5.54 Å². The molecule has 0 aromatic carbocycles. The molecule has 0 bridgehead atoms. The van der Waals surface area contributed by atoms with Crippen molar-refractivity contribution in [2.75, 3.05) is 19.6 Å². The van der Waals surface area contributed by atoms with Gasteiger partial charge in [0, 0.05) is 53.9 Å². The highest BCUT2D eigenvalue weighted by Gasteiger charge is 2.46. The Morgan fingerprint density at radius 3 is 1.68 bits per heavy atom. The molecule has 2 aliphatic rings. The van der Waals surface area contributed by atoms with Crippen molar-refractivity contribution in [3.05, 3.63) is 0 Å². The minimum absolute atomic E-state index is 0.0114. The van der Waals surface area contributed by atoms with Gasteiger partial charge < -0.3 is 0 Å². The molecule has 2 saturated carbocycles. The maximum atomic E-state index is 5.92. The number of hydrogen-bond donors (Lipinski definition) is 0. The summed E-state index contributed by atoms with van der Waals surface area (Å²) in [6, 6.07) is 0.144. The van der Waals surface area contributed by atoms with Crippen LogP contribution >= 0.6 is 0 Å². The largest absolute Gasteiger partial charge is 0.294 e. The molecule has 0 aliphatic heterocycles. The van der Waals surface area contributed by atoms with E-state index in [4.69, 9.17) is 30.0 Å². The second kappa shape index (κ2) is 22.5. The van der Waals surface area contributed by atoms with Gasteiger partial charge in [-0.25, -0.2) is 0 Å². The van der Waals surface area contributed by atoms with Crippen molar-refractivity contribution < 1.29 is 0 Å². The Morgan fingerprint density at radius 2 is 1.11 bits per heavy atom. The Labute approximate surface area is 329 Å². The molecule has 0 aromatic heterocycles. The molecule has 0 amide bonds. The molecule has 304 valence electrons. The van der Waals surface area contributed by atoms with Gasteiger partial charge in [-0.3, -0.25) is 30.0 Å². The summed E-state index contributed by atoms with van der Waals surface area (Å²) in [7, 11) is 0. The van der Waals surface area contributed by atoms with Crippen LogP contribution in [-0.4, -0.2) is 71.5 Å². The number of hydrogen-bond acceptors (Lipinski definition) is 6. The third-order valence-corrected chi connectivity index (χ3v) is 12.2. The van der Waals surface area contributed by atoms with Gasteiger partial charge in [-0.1, -0.05) is 75.2 Å². The smallest absolute Gasteiger partial charge is 0.105 e. The summed E-state index contributed by atoms with van der Waals surface area (Å²) >= 11 is 0. The molecule has 4 atom stereocenters. The monoisotopic (exact) mass is 735 g/mol. The topological polar surface area (TPSA) is 74.2 Å². The predicted molar refractivity (Wildman–Crippen MR) is 239 cm³/mol. The summed E-state index contributed by atoms with van der Waals surface area (Å²) in [6.45, 7) is 36.7. The van der Waals surface area contributed by atoms with Gasteiger partial charge >= 0.3 is 0 Å². The zero-order valence-electron chi connectivity index (χ0n) is 37.8. The molecule has 0 aromatic rings. The van der Waals surface area contributed by atoms with Crippen LogP contribution in [0.4, 0.5) is 0 Å². The van der Waals surface area contributed by atoms with Gasteiger partial charge in [0.2, 0.25) is 0 Å². The van der Waals surface area contributed by atoms with Crippen molar-refractivity contribution >= 4 is 34.3 Å². The minimum atomic E-state index is -0.400. The number of unbranched alkanes of at least 4 members (excludes halogenated alkanes) is 3. The van der Waals surface area contributed by atoms with Crippen LogP contribution in [0.5, 0.6) is 0 Å². The minimum Gasteiger partial charge on any atom is -0.294 e. The fourth-order valence-corrected chi connectivity index (χ4v) is 6.80. The van der Waals surface area contributed by atoms with E-state index in [1.165, 1.54) is 60.0 Å². The Hall–Kier alpha value is -1.98. The summed E-state index contributed by atoms with van der Waals surface area (Å²) in [5, 5.41) is 0. The van der Waals surface area contributed by atoms with Crippen LogP contribution in [0.15, 0.2) is 30.0 Å². The van der Waals surface area contributed by atoms with Gasteiger partial charge in [0.05, 0.1) is 12.1 Å². The van der Waals surface area contributed by atoms with Crippen LogP contribution in [0, 0.1) is 28.6 Å². The highest BCUT2D eigenvalue weighted by atomic mass is 15.0. The molecule has 4 unspecified atom stereocenters. The van der Waals surface area contributed by atoms with E-state index < -0.39 is 5.54 Å². The number of rotatable bonds is 25. The van der Waals surface area contributed by atoms with E-state index in [9.17, 15) is 0 Å². The maximum Gasteiger partial charge on any atom is 0.105 e. The molecule has 2 aliphatic carbocycles. The summed E-state index contributed by atoms with van der Waals surface area (Å²) in [4.78, 5) is 32.4. The second-order valence-electron chi connectivity index (χ2n) is 19.2. The number of nitrogens with zero attached hydrogens (tertiary/aromatic N) is 6. The third kappa shape index (κ3) is 17.6. The molecule has 2 rings (SSSR count). The first kappa shape index (κ1) is 47.2. The van der Waals surface area contributed by atoms with Crippen molar-refractivity contribution in [3.63, 3.8) is 0 Å². The molecule has 0 radical (unpaired) electrons. The predicted octanol–water partition coefficient (Wildman–Crippen LogP) is 13.1. The number of aliphatic imine (C=N–C) groups is 6. The molecule has 0 saturated heterocycles. The van der Waals surface area contributed by atoms with E-state index in [0.29, 0.717) is 11.8 Å². The van der Waals surface area contributed by atoms with E-state index >= 15 is 0 Å². The first-order chi connectivity index (χ1) is 24.8. The molecule has 6 heteroatoms. The Morgan fingerprint density at radius 1 is 0.566 bits per heavy atom.